The number of benzene rings is 2. The van der Waals surface area contributed by atoms with E-state index in [1.165, 1.54) is 5.56 Å². The third kappa shape index (κ3) is 5.62. The van der Waals surface area contributed by atoms with Crippen molar-refractivity contribution in [1.82, 2.24) is 5.32 Å². The molecule has 0 aromatic heterocycles. The smallest absolute Gasteiger partial charge is 0.0718 e. The highest BCUT2D eigenvalue weighted by Crippen LogP contribution is 2.17. The Hall–Kier alpha value is -2.82. The summed E-state index contributed by atoms with van der Waals surface area (Å²) in [5, 5.41) is 10.0. The van der Waals surface area contributed by atoms with Crippen LogP contribution in [0.1, 0.15) is 5.56 Å². The summed E-state index contributed by atoms with van der Waals surface area (Å²) in [6, 6.07) is 18.1. The van der Waals surface area contributed by atoms with Gasteiger partial charge in [-0.2, -0.15) is 0 Å². The van der Waals surface area contributed by atoms with Crippen LogP contribution < -0.4 is 21.7 Å². The topological polar surface area (TPSA) is 62.1 Å². The molecule has 0 fully saturated rings. The van der Waals surface area contributed by atoms with Crippen LogP contribution in [0.2, 0.25) is 0 Å². The molecule has 0 spiro atoms. The number of anilines is 2. The van der Waals surface area contributed by atoms with Gasteiger partial charge in [-0.15, -0.1) is 0 Å². The van der Waals surface area contributed by atoms with Gasteiger partial charge in [-0.05, 0) is 55.5 Å². The lowest BCUT2D eigenvalue weighted by molar-refractivity contribution is 0.731. The molecule has 0 aliphatic rings. The van der Waals surface area contributed by atoms with Crippen LogP contribution in [-0.4, -0.2) is 19.6 Å². The summed E-state index contributed by atoms with van der Waals surface area (Å²) in [6.45, 7) is 6.74. The summed E-state index contributed by atoms with van der Waals surface area (Å²) in [7, 11) is 1.91. The van der Waals surface area contributed by atoms with E-state index < -0.39 is 0 Å². The first-order chi connectivity index (χ1) is 12.7. The Morgan fingerprint density at radius 3 is 2.46 bits per heavy atom. The maximum atomic E-state index is 5.76. The van der Waals surface area contributed by atoms with Crippen molar-refractivity contribution < 1.29 is 0 Å². The van der Waals surface area contributed by atoms with E-state index in [-0.39, 0.29) is 6.04 Å². The Morgan fingerprint density at radius 1 is 1.12 bits per heavy atom. The molecular weight excluding hydrogens is 320 g/mol. The highest BCUT2D eigenvalue weighted by molar-refractivity contribution is 5.54. The second kappa shape index (κ2) is 10.2. The molecule has 136 valence electrons. The fraction of sp³-hybridized carbons (Fsp3) is 0.182. The molecule has 0 aliphatic carbocycles. The average molecular weight is 348 g/mol. The van der Waals surface area contributed by atoms with E-state index in [0.717, 1.165) is 22.6 Å². The molecule has 2 rings (SSSR count). The number of hydrogen-bond donors (Lipinski definition) is 4. The first kappa shape index (κ1) is 19.5. The molecule has 4 nitrogen and oxygen atoms in total. The summed E-state index contributed by atoms with van der Waals surface area (Å²) >= 11 is 0. The lowest BCUT2D eigenvalue weighted by Gasteiger charge is -2.22. The van der Waals surface area contributed by atoms with E-state index in [0.29, 0.717) is 6.54 Å². The molecule has 2 aromatic carbocycles. The number of nitrogens with two attached hydrogens (primary N) is 1. The molecule has 1 atom stereocenters. The Bertz CT molecular complexity index is 763. The Labute approximate surface area is 156 Å². The first-order valence-electron chi connectivity index (χ1n) is 8.72. The molecule has 0 saturated carbocycles. The van der Waals surface area contributed by atoms with Gasteiger partial charge in [-0.25, -0.2) is 0 Å². The average Bonchev–Trinajstić information content (AvgIpc) is 2.65. The number of hydrogen-bond acceptors (Lipinski definition) is 4. The minimum absolute atomic E-state index is 0.0614. The number of para-hydroxylation sites is 2. The quantitative estimate of drug-likeness (QED) is 0.517. The molecule has 0 radical (unpaired) electrons. The van der Waals surface area contributed by atoms with Gasteiger partial charge in [-0.1, -0.05) is 43.0 Å². The predicted molar refractivity (Wildman–Crippen MR) is 113 cm³/mol. The standard InChI is InChI=1S/C22H28N4/c1-17-9-7-8-12-20(17)25-16-14-18(2)22(24-3)21(13-15-23)26-19-10-5-4-6-11-19/h4-14,16,22,24-26H,2,15,23H2,1,3H3/b16-14-,21-13-. The van der Waals surface area contributed by atoms with Gasteiger partial charge in [0.2, 0.25) is 0 Å². The highest BCUT2D eigenvalue weighted by Gasteiger charge is 2.14. The molecular formula is C22H28N4. The summed E-state index contributed by atoms with van der Waals surface area (Å²) in [5.74, 6) is 0. The van der Waals surface area contributed by atoms with Crippen LogP contribution in [-0.2, 0) is 0 Å². The van der Waals surface area contributed by atoms with Crippen molar-refractivity contribution >= 4 is 11.4 Å². The van der Waals surface area contributed by atoms with Gasteiger partial charge in [0.05, 0.1) is 6.04 Å². The van der Waals surface area contributed by atoms with Crippen LogP contribution >= 0.6 is 0 Å². The third-order valence-corrected chi connectivity index (χ3v) is 4.05. The van der Waals surface area contributed by atoms with Crippen molar-refractivity contribution in [2.24, 2.45) is 5.73 Å². The predicted octanol–water partition coefficient (Wildman–Crippen LogP) is 4.02. The van der Waals surface area contributed by atoms with Gasteiger partial charge in [0.25, 0.3) is 0 Å². The maximum Gasteiger partial charge on any atom is 0.0718 e. The molecule has 0 heterocycles. The monoisotopic (exact) mass is 348 g/mol. The van der Waals surface area contributed by atoms with Crippen molar-refractivity contribution in [3.63, 3.8) is 0 Å². The van der Waals surface area contributed by atoms with E-state index in [4.69, 9.17) is 5.73 Å². The highest BCUT2D eigenvalue weighted by atomic mass is 15.0. The summed E-state index contributed by atoms with van der Waals surface area (Å²) < 4.78 is 0. The van der Waals surface area contributed by atoms with E-state index >= 15 is 0 Å². The fourth-order valence-corrected chi connectivity index (χ4v) is 2.67. The van der Waals surface area contributed by atoms with Crippen molar-refractivity contribution in [1.29, 1.82) is 0 Å². The molecule has 1 unspecified atom stereocenters. The zero-order valence-corrected chi connectivity index (χ0v) is 15.5. The van der Waals surface area contributed by atoms with Gasteiger partial charge in [-0.3, -0.25) is 0 Å². The number of aryl methyl sites for hydroxylation is 1. The number of nitrogens with one attached hydrogen (secondary N) is 3. The third-order valence-electron chi connectivity index (χ3n) is 4.05. The van der Waals surface area contributed by atoms with Crippen molar-refractivity contribution in [3.05, 3.63) is 96.4 Å². The number of likely N-dealkylation sites (N-methyl/N-ethyl adjacent to an activating group) is 1. The lowest BCUT2D eigenvalue weighted by atomic mass is 10.0. The SMILES string of the molecule is C=C(/C=C\Nc1ccccc1C)C(NC)/C(=C/CN)Nc1ccccc1. The zero-order chi connectivity index (χ0) is 18.8. The van der Waals surface area contributed by atoms with Gasteiger partial charge < -0.3 is 21.7 Å². The first-order valence-corrected chi connectivity index (χ1v) is 8.72. The molecule has 0 saturated heterocycles. The molecule has 5 N–H and O–H groups in total. The van der Waals surface area contributed by atoms with Crippen LogP contribution in [0.5, 0.6) is 0 Å². The van der Waals surface area contributed by atoms with Crippen molar-refractivity contribution in [3.8, 4) is 0 Å². The largest absolute Gasteiger partial charge is 0.361 e. The van der Waals surface area contributed by atoms with Gasteiger partial charge in [0.15, 0.2) is 0 Å². The zero-order valence-electron chi connectivity index (χ0n) is 15.5. The molecule has 4 heteroatoms. The van der Waals surface area contributed by atoms with Crippen molar-refractivity contribution in [2.45, 2.75) is 13.0 Å². The second-order valence-corrected chi connectivity index (χ2v) is 5.98. The minimum Gasteiger partial charge on any atom is -0.361 e. The van der Waals surface area contributed by atoms with Crippen LogP contribution in [0.15, 0.2) is 90.8 Å². The molecule has 2 aromatic rings. The fourth-order valence-electron chi connectivity index (χ4n) is 2.67. The van der Waals surface area contributed by atoms with Crippen LogP contribution in [0.3, 0.4) is 0 Å². The normalized spacial score (nSPS) is 12.8. The second-order valence-electron chi connectivity index (χ2n) is 5.98. The van der Waals surface area contributed by atoms with E-state index in [1.54, 1.807) is 0 Å². The van der Waals surface area contributed by atoms with Crippen molar-refractivity contribution in [2.75, 3.05) is 24.2 Å². The van der Waals surface area contributed by atoms with Crippen LogP contribution in [0, 0.1) is 6.92 Å². The van der Waals surface area contributed by atoms with Crippen LogP contribution in [0.25, 0.3) is 0 Å². The minimum atomic E-state index is -0.0614. The van der Waals surface area contributed by atoms with Gasteiger partial charge in [0.1, 0.15) is 0 Å². The molecule has 0 aliphatic heterocycles. The van der Waals surface area contributed by atoms with Crippen LogP contribution in [0.4, 0.5) is 11.4 Å². The van der Waals surface area contributed by atoms with Gasteiger partial charge >= 0.3 is 0 Å². The summed E-state index contributed by atoms with van der Waals surface area (Å²) in [6.07, 6.45) is 5.87. The lowest BCUT2D eigenvalue weighted by Crippen LogP contribution is -2.32. The Balaban J connectivity index is 2.08. The summed E-state index contributed by atoms with van der Waals surface area (Å²) in [4.78, 5) is 0. The van der Waals surface area contributed by atoms with E-state index in [2.05, 4.69) is 41.6 Å². The van der Waals surface area contributed by atoms with E-state index in [1.807, 2.05) is 67.9 Å². The Morgan fingerprint density at radius 2 is 1.81 bits per heavy atom. The molecule has 0 bridgehead atoms. The number of rotatable bonds is 9. The van der Waals surface area contributed by atoms with E-state index in [9.17, 15) is 0 Å². The molecule has 26 heavy (non-hydrogen) atoms. The molecule has 0 amide bonds. The summed E-state index contributed by atoms with van der Waals surface area (Å²) in [5.41, 5.74) is 11.0. The maximum absolute atomic E-state index is 5.76. The van der Waals surface area contributed by atoms with Gasteiger partial charge in [0, 0.05) is 29.8 Å². The Kier molecular flexibility index (Phi) is 7.68.